The molecule has 0 amide bonds. The summed E-state index contributed by atoms with van der Waals surface area (Å²) in [6.07, 6.45) is 5.48. The van der Waals surface area contributed by atoms with Crippen LogP contribution in [0.3, 0.4) is 0 Å². The first-order valence-corrected chi connectivity index (χ1v) is 11.4. The van der Waals surface area contributed by atoms with Gasteiger partial charge in [0.2, 0.25) is 5.69 Å². The lowest BCUT2D eigenvalue weighted by atomic mass is 9.77. The van der Waals surface area contributed by atoms with Crippen LogP contribution in [0.2, 0.25) is 0 Å². The summed E-state index contributed by atoms with van der Waals surface area (Å²) < 4.78 is 13.7. The number of ether oxygens (including phenoxy) is 2. The second-order valence-electron chi connectivity index (χ2n) is 8.13. The summed E-state index contributed by atoms with van der Waals surface area (Å²) in [5, 5.41) is 0. The number of nitrogens with zero attached hydrogens (tertiary/aromatic N) is 2. The molecule has 0 bridgehead atoms. The summed E-state index contributed by atoms with van der Waals surface area (Å²) in [5.41, 5.74) is 6.14. The molecular formula is C27H37N2O2+. The Kier molecular flexibility index (Phi) is 7.09. The number of fused-ring (bicyclic) bond motifs is 1. The van der Waals surface area contributed by atoms with Gasteiger partial charge in [-0.25, -0.2) is 0 Å². The molecule has 166 valence electrons. The van der Waals surface area contributed by atoms with Crippen LogP contribution in [0.4, 0.5) is 11.4 Å². The first kappa shape index (κ1) is 22.9. The molecule has 1 atom stereocenters. The number of benzene rings is 2. The highest BCUT2D eigenvalue weighted by Crippen LogP contribution is 2.44. The molecule has 1 aliphatic rings. The predicted molar refractivity (Wildman–Crippen MR) is 132 cm³/mol. The van der Waals surface area contributed by atoms with Crippen LogP contribution in [-0.2, 0) is 5.41 Å². The first-order valence-electron chi connectivity index (χ1n) is 11.4. The van der Waals surface area contributed by atoms with Crippen molar-refractivity contribution in [3.63, 3.8) is 0 Å². The van der Waals surface area contributed by atoms with E-state index in [4.69, 9.17) is 9.47 Å². The molecule has 3 rings (SSSR count). The molecule has 4 heteroatoms. The van der Waals surface area contributed by atoms with E-state index in [0.29, 0.717) is 0 Å². The van der Waals surface area contributed by atoms with Crippen molar-refractivity contribution in [2.75, 3.05) is 38.8 Å². The Morgan fingerprint density at radius 2 is 1.68 bits per heavy atom. The summed E-state index contributed by atoms with van der Waals surface area (Å²) in [4.78, 5) is 2.33. The predicted octanol–water partition coefficient (Wildman–Crippen LogP) is 6.05. The van der Waals surface area contributed by atoms with E-state index in [9.17, 15) is 0 Å². The average molecular weight is 422 g/mol. The Morgan fingerprint density at radius 1 is 0.935 bits per heavy atom. The molecule has 0 spiro atoms. The molecule has 2 aromatic carbocycles. The van der Waals surface area contributed by atoms with E-state index in [2.05, 4.69) is 92.6 Å². The molecule has 0 aliphatic carbocycles. The highest BCUT2D eigenvalue weighted by atomic mass is 16.5. The van der Waals surface area contributed by atoms with E-state index in [0.717, 1.165) is 43.1 Å². The molecular weight excluding hydrogens is 384 g/mol. The van der Waals surface area contributed by atoms with Crippen LogP contribution in [0, 0.1) is 0 Å². The summed E-state index contributed by atoms with van der Waals surface area (Å²) in [7, 11) is 3.48. The Hall–Kier alpha value is -2.75. The molecule has 0 N–H and O–H groups in total. The van der Waals surface area contributed by atoms with Gasteiger partial charge in [-0.15, -0.1) is 0 Å². The summed E-state index contributed by atoms with van der Waals surface area (Å²) in [5.74, 6) is 1.81. The SMILES string of the molecule is CCN(CC)c1ccc(/C=C/C2=[N+](CC)c3ccc(OC)cc3C2(C)CC)c(OC)c1. The molecule has 1 aliphatic heterocycles. The molecule has 0 fully saturated rings. The van der Waals surface area contributed by atoms with Crippen molar-refractivity contribution >= 4 is 23.2 Å². The number of allylic oxidation sites excluding steroid dienone is 1. The van der Waals surface area contributed by atoms with Gasteiger partial charge in [0.1, 0.15) is 18.0 Å². The molecule has 4 nitrogen and oxygen atoms in total. The topological polar surface area (TPSA) is 24.7 Å². The largest absolute Gasteiger partial charge is 0.497 e. The fraction of sp³-hybridized carbons (Fsp3) is 0.444. The zero-order chi connectivity index (χ0) is 22.6. The standard InChI is InChI=1S/C27H37N2O2/c1-8-27(5)23-19-22(30-6)15-16-24(23)29(11-4)26(27)17-13-20-12-14-21(18-25(20)31-7)28(9-2)10-3/h12-19H,8-11H2,1-7H3/q+1. The summed E-state index contributed by atoms with van der Waals surface area (Å²) in [6.45, 7) is 14.0. The van der Waals surface area contributed by atoms with Crippen LogP contribution in [0.1, 0.15) is 52.2 Å². The Morgan fingerprint density at radius 3 is 2.26 bits per heavy atom. The maximum absolute atomic E-state index is 5.75. The quantitative estimate of drug-likeness (QED) is 0.461. The van der Waals surface area contributed by atoms with Crippen molar-refractivity contribution in [2.45, 2.75) is 46.5 Å². The van der Waals surface area contributed by atoms with Gasteiger partial charge in [0.25, 0.3) is 0 Å². The van der Waals surface area contributed by atoms with E-state index in [-0.39, 0.29) is 5.41 Å². The lowest BCUT2D eigenvalue weighted by Crippen LogP contribution is -2.30. The minimum atomic E-state index is -0.0647. The monoisotopic (exact) mass is 421 g/mol. The zero-order valence-electron chi connectivity index (χ0n) is 20.2. The van der Waals surface area contributed by atoms with Crippen molar-refractivity contribution in [3.8, 4) is 11.5 Å². The Labute approximate surface area is 187 Å². The van der Waals surface area contributed by atoms with Gasteiger partial charge in [-0.05, 0) is 64.5 Å². The van der Waals surface area contributed by atoms with E-state index in [1.54, 1.807) is 14.2 Å². The smallest absolute Gasteiger partial charge is 0.210 e. The normalized spacial score (nSPS) is 17.9. The van der Waals surface area contributed by atoms with Gasteiger partial charge in [-0.1, -0.05) is 6.92 Å². The van der Waals surface area contributed by atoms with Gasteiger partial charge >= 0.3 is 0 Å². The third kappa shape index (κ3) is 4.08. The third-order valence-corrected chi connectivity index (χ3v) is 6.73. The summed E-state index contributed by atoms with van der Waals surface area (Å²) in [6, 6.07) is 12.9. The van der Waals surface area contributed by atoms with Crippen LogP contribution in [0.15, 0.2) is 42.5 Å². The Balaban J connectivity index is 2.04. The molecule has 0 saturated carbocycles. The van der Waals surface area contributed by atoms with Gasteiger partial charge in [-0.2, -0.15) is 4.58 Å². The van der Waals surface area contributed by atoms with Gasteiger partial charge in [0.05, 0.1) is 19.6 Å². The number of hydrogen-bond donors (Lipinski definition) is 0. The Bertz CT molecular complexity index is 989. The van der Waals surface area contributed by atoms with Crippen LogP contribution in [-0.4, -0.2) is 44.1 Å². The fourth-order valence-electron chi connectivity index (χ4n) is 4.66. The van der Waals surface area contributed by atoms with Crippen molar-refractivity contribution in [3.05, 3.63) is 53.6 Å². The molecule has 2 aromatic rings. The van der Waals surface area contributed by atoms with Gasteiger partial charge in [0.15, 0.2) is 5.71 Å². The number of hydrogen-bond acceptors (Lipinski definition) is 3. The molecule has 0 radical (unpaired) electrons. The van der Waals surface area contributed by atoms with Crippen LogP contribution < -0.4 is 14.4 Å². The number of anilines is 1. The van der Waals surface area contributed by atoms with Crippen molar-refractivity contribution < 1.29 is 14.0 Å². The molecule has 1 heterocycles. The van der Waals surface area contributed by atoms with Crippen LogP contribution >= 0.6 is 0 Å². The number of rotatable bonds is 9. The molecule has 0 saturated heterocycles. The average Bonchev–Trinajstić information content (AvgIpc) is 3.05. The van der Waals surface area contributed by atoms with E-state index >= 15 is 0 Å². The van der Waals surface area contributed by atoms with Gasteiger partial charge in [-0.3, -0.25) is 0 Å². The van der Waals surface area contributed by atoms with E-state index in [1.807, 2.05) is 0 Å². The first-order chi connectivity index (χ1) is 15.0. The number of methoxy groups -OCH3 is 2. The van der Waals surface area contributed by atoms with Gasteiger partial charge in [0, 0.05) is 48.1 Å². The lowest BCUT2D eigenvalue weighted by molar-refractivity contribution is -0.433. The second kappa shape index (κ2) is 9.59. The van der Waals surface area contributed by atoms with Crippen molar-refractivity contribution in [2.24, 2.45) is 0 Å². The van der Waals surface area contributed by atoms with Crippen LogP contribution in [0.5, 0.6) is 11.5 Å². The van der Waals surface area contributed by atoms with Gasteiger partial charge < -0.3 is 14.4 Å². The van der Waals surface area contributed by atoms with E-state index in [1.165, 1.54) is 22.6 Å². The highest BCUT2D eigenvalue weighted by Gasteiger charge is 2.46. The molecule has 0 aromatic heterocycles. The van der Waals surface area contributed by atoms with Crippen molar-refractivity contribution in [1.82, 2.24) is 0 Å². The zero-order valence-corrected chi connectivity index (χ0v) is 20.2. The van der Waals surface area contributed by atoms with Crippen LogP contribution in [0.25, 0.3) is 6.08 Å². The lowest BCUT2D eigenvalue weighted by Gasteiger charge is -2.22. The van der Waals surface area contributed by atoms with E-state index < -0.39 is 0 Å². The van der Waals surface area contributed by atoms with Crippen molar-refractivity contribution in [1.29, 1.82) is 0 Å². The summed E-state index contributed by atoms with van der Waals surface area (Å²) >= 11 is 0. The highest BCUT2D eigenvalue weighted by molar-refractivity contribution is 6.05. The minimum absolute atomic E-state index is 0.0647. The minimum Gasteiger partial charge on any atom is -0.497 e. The second-order valence-corrected chi connectivity index (χ2v) is 8.13. The maximum Gasteiger partial charge on any atom is 0.210 e. The third-order valence-electron chi connectivity index (χ3n) is 6.73. The molecule has 1 unspecified atom stereocenters. The fourth-order valence-corrected chi connectivity index (χ4v) is 4.66. The molecule has 31 heavy (non-hydrogen) atoms. The maximum atomic E-state index is 5.75.